The second-order valence-corrected chi connectivity index (χ2v) is 5.31. The van der Waals surface area contributed by atoms with Crippen molar-refractivity contribution in [1.29, 1.82) is 0 Å². The lowest BCUT2D eigenvalue weighted by Gasteiger charge is -2.25. The van der Waals surface area contributed by atoms with Crippen LogP contribution in [0, 0.1) is 5.92 Å². The molecule has 0 fully saturated rings. The Hall–Kier alpha value is -1.63. The summed E-state index contributed by atoms with van der Waals surface area (Å²) in [4.78, 5) is 34.5. The highest BCUT2D eigenvalue weighted by Crippen LogP contribution is 2.11. The van der Waals surface area contributed by atoms with Gasteiger partial charge in [0, 0.05) is 0 Å². The van der Waals surface area contributed by atoms with E-state index in [1.165, 1.54) is 5.48 Å². The van der Waals surface area contributed by atoms with Crippen LogP contribution in [0.4, 0.5) is 4.79 Å². The molecule has 0 aliphatic rings. The zero-order valence-corrected chi connectivity index (χ0v) is 11.9. The number of alkyl carbamates (subject to hydrolysis) is 1. The van der Waals surface area contributed by atoms with Gasteiger partial charge < -0.3 is 10.1 Å². The second-order valence-electron chi connectivity index (χ2n) is 5.31. The maximum absolute atomic E-state index is 11.7. The number of amides is 2. The molecular weight excluding hydrogens is 252 g/mol. The van der Waals surface area contributed by atoms with E-state index in [0.717, 1.165) is 0 Å². The van der Waals surface area contributed by atoms with Crippen LogP contribution in [-0.4, -0.2) is 34.6 Å². The topological polar surface area (TPSA) is 105 Å². The predicted molar refractivity (Wildman–Crippen MR) is 67.5 cm³/mol. The summed E-state index contributed by atoms with van der Waals surface area (Å²) < 4.78 is 5.03. The molecule has 7 nitrogen and oxygen atoms in total. The average Bonchev–Trinajstić information content (AvgIpc) is 2.30. The number of nitrogens with one attached hydrogen (secondary N) is 2. The van der Waals surface area contributed by atoms with E-state index >= 15 is 0 Å². The number of hydrogen-bond acceptors (Lipinski definition) is 5. The zero-order chi connectivity index (χ0) is 15.2. The van der Waals surface area contributed by atoms with Crippen LogP contribution in [0.15, 0.2) is 0 Å². The summed E-state index contributed by atoms with van der Waals surface area (Å²) in [5.41, 5.74) is 0.563. The fourth-order valence-electron chi connectivity index (χ4n) is 1.33. The molecule has 2 amide bonds. The molecule has 3 N–H and O–H groups in total. The summed E-state index contributed by atoms with van der Waals surface area (Å²) in [5, 5.41) is 10.8. The summed E-state index contributed by atoms with van der Waals surface area (Å²) in [5.74, 6) is -2.35. The van der Waals surface area contributed by atoms with Gasteiger partial charge in [0.2, 0.25) is 5.78 Å². The number of hydrogen-bond donors (Lipinski definition) is 3. The van der Waals surface area contributed by atoms with E-state index in [4.69, 9.17) is 9.94 Å². The molecule has 2 atom stereocenters. The second kappa shape index (κ2) is 7.08. The first-order valence-electron chi connectivity index (χ1n) is 6.10. The van der Waals surface area contributed by atoms with Crippen LogP contribution in [0.3, 0.4) is 0 Å². The molecule has 110 valence electrons. The Bertz CT molecular complexity index is 349. The number of carbonyl (C=O) groups is 3. The molecule has 0 bridgehead atoms. The quantitative estimate of drug-likeness (QED) is 0.394. The molecule has 0 radical (unpaired) electrons. The van der Waals surface area contributed by atoms with Crippen molar-refractivity contribution in [2.24, 2.45) is 5.92 Å². The van der Waals surface area contributed by atoms with Crippen LogP contribution in [-0.2, 0) is 14.3 Å². The number of ether oxygens (including phenoxy) is 1. The minimum atomic E-state index is -1.17. The Balaban J connectivity index is 4.84. The van der Waals surface area contributed by atoms with Gasteiger partial charge in [-0.15, -0.1) is 0 Å². The summed E-state index contributed by atoms with van der Waals surface area (Å²) in [6, 6.07) is -1.04. The number of rotatable bonds is 5. The van der Waals surface area contributed by atoms with Gasteiger partial charge in [0.05, 0.1) is 0 Å². The van der Waals surface area contributed by atoms with Crippen molar-refractivity contribution in [1.82, 2.24) is 10.8 Å². The van der Waals surface area contributed by atoms with E-state index in [0.29, 0.717) is 6.42 Å². The van der Waals surface area contributed by atoms with Crippen molar-refractivity contribution in [2.75, 3.05) is 0 Å². The third kappa shape index (κ3) is 6.19. The maximum Gasteiger partial charge on any atom is 0.408 e. The Kier molecular flexibility index (Phi) is 6.47. The largest absolute Gasteiger partial charge is 0.444 e. The van der Waals surface area contributed by atoms with Crippen molar-refractivity contribution >= 4 is 17.8 Å². The monoisotopic (exact) mass is 274 g/mol. The summed E-state index contributed by atoms with van der Waals surface area (Å²) in [6.07, 6.45) is -0.206. The van der Waals surface area contributed by atoms with Gasteiger partial charge in [-0.05, 0) is 26.7 Å². The lowest BCUT2D eigenvalue weighted by molar-refractivity contribution is -0.144. The Morgan fingerprint density at radius 1 is 1.26 bits per heavy atom. The molecular formula is C12H22N2O5. The standard InChI is InChI=1S/C12H22N2O5/c1-6-7(2)8(9(15)10(16)14-18)13-11(17)19-12(3,4)5/h7-8,18H,6H2,1-5H3,(H,13,17)(H,14,16)/t7-,8-/m0/s1. The molecule has 0 spiro atoms. The van der Waals surface area contributed by atoms with Crippen LogP contribution in [0.2, 0.25) is 0 Å². The molecule has 0 heterocycles. The van der Waals surface area contributed by atoms with Crippen LogP contribution >= 0.6 is 0 Å². The van der Waals surface area contributed by atoms with Crippen LogP contribution in [0.1, 0.15) is 41.0 Å². The molecule has 0 aromatic rings. The molecule has 0 saturated carbocycles. The van der Waals surface area contributed by atoms with Crippen molar-refractivity contribution < 1.29 is 24.3 Å². The first-order valence-corrected chi connectivity index (χ1v) is 6.10. The normalized spacial score (nSPS) is 14.2. The predicted octanol–water partition coefficient (Wildman–Crippen LogP) is 1.00. The van der Waals surface area contributed by atoms with E-state index in [1.807, 2.05) is 6.92 Å². The first kappa shape index (κ1) is 17.4. The lowest BCUT2D eigenvalue weighted by atomic mass is 9.95. The smallest absolute Gasteiger partial charge is 0.408 e. The van der Waals surface area contributed by atoms with E-state index < -0.39 is 29.4 Å². The Labute approximate surface area is 112 Å². The van der Waals surface area contributed by atoms with Gasteiger partial charge in [-0.2, -0.15) is 0 Å². The molecule has 0 saturated heterocycles. The van der Waals surface area contributed by atoms with E-state index in [9.17, 15) is 14.4 Å². The maximum atomic E-state index is 11.7. The lowest BCUT2D eigenvalue weighted by Crippen LogP contribution is -2.51. The van der Waals surface area contributed by atoms with Gasteiger partial charge in [-0.25, -0.2) is 10.3 Å². The van der Waals surface area contributed by atoms with Gasteiger partial charge in [-0.1, -0.05) is 20.3 Å². The van der Waals surface area contributed by atoms with Gasteiger partial charge >= 0.3 is 12.0 Å². The van der Waals surface area contributed by atoms with Gasteiger partial charge in [-0.3, -0.25) is 14.8 Å². The summed E-state index contributed by atoms with van der Waals surface area (Å²) in [7, 11) is 0. The van der Waals surface area contributed by atoms with Crippen LogP contribution < -0.4 is 10.8 Å². The van der Waals surface area contributed by atoms with Crippen LogP contribution in [0.25, 0.3) is 0 Å². The molecule has 0 aromatic carbocycles. The first-order chi connectivity index (χ1) is 8.62. The van der Waals surface area contributed by atoms with Crippen molar-refractivity contribution in [3.63, 3.8) is 0 Å². The minimum absolute atomic E-state index is 0.266. The van der Waals surface area contributed by atoms with E-state index in [1.54, 1.807) is 27.7 Å². The molecule has 0 aliphatic carbocycles. The Morgan fingerprint density at radius 2 is 1.79 bits per heavy atom. The molecule has 0 aliphatic heterocycles. The fraction of sp³-hybridized carbons (Fsp3) is 0.750. The minimum Gasteiger partial charge on any atom is -0.444 e. The highest BCUT2D eigenvalue weighted by Gasteiger charge is 2.32. The van der Waals surface area contributed by atoms with Gasteiger partial charge in [0.15, 0.2) is 0 Å². The number of hydroxylamine groups is 1. The van der Waals surface area contributed by atoms with Crippen LogP contribution in [0.5, 0.6) is 0 Å². The summed E-state index contributed by atoms with van der Waals surface area (Å²) in [6.45, 7) is 8.59. The number of carbonyl (C=O) groups excluding carboxylic acids is 3. The third-order valence-corrected chi connectivity index (χ3v) is 2.49. The molecule has 0 unspecified atom stereocenters. The zero-order valence-electron chi connectivity index (χ0n) is 11.9. The highest BCUT2D eigenvalue weighted by atomic mass is 16.6. The molecule has 7 heteroatoms. The summed E-state index contributed by atoms with van der Waals surface area (Å²) >= 11 is 0. The fourth-order valence-corrected chi connectivity index (χ4v) is 1.33. The number of ketones is 1. The average molecular weight is 274 g/mol. The molecule has 0 rings (SSSR count). The number of Topliss-reactive ketones (excluding diaryl/α,β-unsaturated/α-hetero) is 1. The van der Waals surface area contributed by atoms with Gasteiger partial charge in [0.25, 0.3) is 0 Å². The van der Waals surface area contributed by atoms with Gasteiger partial charge in [0.1, 0.15) is 11.6 Å². The third-order valence-electron chi connectivity index (χ3n) is 2.49. The molecule has 19 heavy (non-hydrogen) atoms. The SMILES string of the molecule is CC[C@H](C)[C@H](NC(=O)OC(C)(C)C)C(=O)C(=O)NO. The van der Waals surface area contributed by atoms with E-state index in [-0.39, 0.29) is 5.92 Å². The van der Waals surface area contributed by atoms with E-state index in [2.05, 4.69) is 5.32 Å². The Morgan fingerprint density at radius 3 is 2.16 bits per heavy atom. The van der Waals surface area contributed by atoms with Crippen molar-refractivity contribution in [3.05, 3.63) is 0 Å². The van der Waals surface area contributed by atoms with Crippen molar-refractivity contribution in [2.45, 2.75) is 52.7 Å². The molecule has 0 aromatic heterocycles. The highest BCUT2D eigenvalue weighted by molar-refractivity contribution is 6.38. The van der Waals surface area contributed by atoms with Crippen molar-refractivity contribution in [3.8, 4) is 0 Å².